The van der Waals surface area contributed by atoms with Gasteiger partial charge in [0.25, 0.3) is 0 Å². The van der Waals surface area contributed by atoms with Gasteiger partial charge in [0, 0.05) is 6.20 Å². The van der Waals surface area contributed by atoms with E-state index in [1.807, 2.05) is 30.3 Å². The van der Waals surface area contributed by atoms with Gasteiger partial charge in [-0.3, -0.25) is 4.79 Å². The molecule has 0 saturated heterocycles. The Morgan fingerprint density at radius 3 is 2.86 bits per heavy atom. The van der Waals surface area contributed by atoms with Crippen LogP contribution in [0.4, 0.5) is 5.69 Å². The van der Waals surface area contributed by atoms with Crippen LogP contribution in [-0.4, -0.2) is 26.7 Å². The van der Waals surface area contributed by atoms with Crippen LogP contribution in [0.25, 0.3) is 11.0 Å². The van der Waals surface area contributed by atoms with E-state index in [0.717, 1.165) is 5.56 Å². The third kappa shape index (κ3) is 3.01. The number of fused-ring (bicyclic) bond motifs is 1. The van der Waals surface area contributed by atoms with E-state index in [1.54, 1.807) is 6.20 Å². The number of anilines is 1. The van der Waals surface area contributed by atoms with Crippen LogP contribution in [0.3, 0.4) is 0 Å². The van der Waals surface area contributed by atoms with Crippen molar-refractivity contribution in [1.29, 1.82) is 0 Å². The fourth-order valence-corrected chi connectivity index (χ4v) is 2.12. The van der Waals surface area contributed by atoms with E-state index in [1.165, 1.54) is 6.33 Å². The van der Waals surface area contributed by atoms with Crippen molar-refractivity contribution in [3.63, 3.8) is 0 Å². The lowest BCUT2D eigenvalue weighted by atomic mass is 10.2. The average molecular weight is 317 g/mol. The summed E-state index contributed by atoms with van der Waals surface area (Å²) in [6.45, 7) is 0.376. The lowest BCUT2D eigenvalue weighted by molar-refractivity contribution is -0.113. The van der Waals surface area contributed by atoms with Crippen LogP contribution in [0.5, 0.6) is 5.88 Å². The number of H-pyrrole nitrogens is 1. The van der Waals surface area contributed by atoms with E-state index < -0.39 is 0 Å². The molecule has 0 aliphatic heterocycles. The van der Waals surface area contributed by atoms with E-state index in [9.17, 15) is 4.79 Å². The molecule has 0 saturated carbocycles. The molecule has 0 radical (unpaired) electrons. The molecule has 0 bridgehead atoms. The van der Waals surface area contributed by atoms with Gasteiger partial charge < -0.3 is 15.0 Å². The zero-order valence-corrected chi connectivity index (χ0v) is 12.3. The molecule has 1 amide bonds. The van der Waals surface area contributed by atoms with Crippen molar-refractivity contribution in [1.82, 2.24) is 15.0 Å². The average Bonchev–Trinajstić information content (AvgIpc) is 2.97. The molecule has 0 spiro atoms. The monoisotopic (exact) mass is 316 g/mol. The highest BCUT2D eigenvalue weighted by molar-refractivity contribution is 6.29. The number of alkyl halides is 1. The minimum atomic E-state index is -0.305. The first kappa shape index (κ1) is 14.3. The van der Waals surface area contributed by atoms with E-state index in [2.05, 4.69) is 20.3 Å². The van der Waals surface area contributed by atoms with Crippen LogP contribution in [0.1, 0.15) is 5.56 Å². The molecule has 0 fully saturated rings. The summed E-state index contributed by atoms with van der Waals surface area (Å²) in [4.78, 5) is 22.7. The van der Waals surface area contributed by atoms with Crippen molar-refractivity contribution in [3.05, 3.63) is 48.4 Å². The molecule has 0 unspecified atom stereocenters. The van der Waals surface area contributed by atoms with E-state index >= 15 is 0 Å². The van der Waals surface area contributed by atoms with Gasteiger partial charge in [0.15, 0.2) is 0 Å². The maximum atomic E-state index is 11.5. The number of halogens is 1. The van der Waals surface area contributed by atoms with Crippen LogP contribution >= 0.6 is 11.6 Å². The number of aromatic nitrogens is 3. The fourth-order valence-electron chi connectivity index (χ4n) is 2.05. The van der Waals surface area contributed by atoms with Crippen molar-refractivity contribution in [3.8, 4) is 5.88 Å². The van der Waals surface area contributed by atoms with Crippen LogP contribution in [0.15, 0.2) is 42.9 Å². The normalized spacial score (nSPS) is 10.6. The molecule has 2 N–H and O–H groups in total. The molecule has 1 aromatic carbocycles. The molecule has 0 aliphatic carbocycles. The van der Waals surface area contributed by atoms with Gasteiger partial charge in [0.1, 0.15) is 29.8 Å². The number of carbonyl (C=O) groups is 1. The van der Waals surface area contributed by atoms with Gasteiger partial charge in [-0.25, -0.2) is 9.97 Å². The molecule has 2 aromatic heterocycles. The standard InChI is InChI=1S/C15H13ClN4O2/c16-6-12(21)20-11-7-17-14-13(11)15(19-9-18-14)22-8-10-4-2-1-3-5-10/h1-5,7,9H,6,8H2,(H,20,21)(H,17,18,19). The minimum Gasteiger partial charge on any atom is -0.472 e. The summed E-state index contributed by atoms with van der Waals surface area (Å²) in [5.41, 5.74) is 2.16. The highest BCUT2D eigenvalue weighted by Crippen LogP contribution is 2.29. The second-order valence-corrected chi connectivity index (χ2v) is 4.83. The molecule has 7 heteroatoms. The minimum absolute atomic E-state index is 0.124. The lowest BCUT2D eigenvalue weighted by Crippen LogP contribution is -2.12. The molecule has 0 atom stereocenters. The van der Waals surface area contributed by atoms with Gasteiger partial charge in [-0.15, -0.1) is 11.6 Å². The maximum absolute atomic E-state index is 11.5. The molecular formula is C15H13ClN4O2. The van der Waals surface area contributed by atoms with E-state index in [4.69, 9.17) is 16.3 Å². The Balaban J connectivity index is 1.88. The molecule has 6 nitrogen and oxygen atoms in total. The summed E-state index contributed by atoms with van der Waals surface area (Å²) in [6, 6.07) is 9.75. The predicted molar refractivity (Wildman–Crippen MR) is 84.0 cm³/mol. The molecule has 0 aliphatic rings. The first-order chi connectivity index (χ1) is 10.8. The second kappa shape index (κ2) is 6.44. The van der Waals surface area contributed by atoms with E-state index in [0.29, 0.717) is 29.2 Å². The SMILES string of the molecule is O=C(CCl)Nc1c[nH]c2ncnc(OCc3ccccc3)c12. The van der Waals surface area contributed by atoms with Gasteiger partial charge in [-0.1, -0.05) is 30.3 Å². The Morgan fingerprint density at radius 2 is 2.09 bits per heavy atom. The van der Waals surface area contributed by atoms with Crippen LogP contribution in [0.2, 0.25) is 0 Å². The molecule has 3 rings (SSSR count). The molecule has 112 valence electrons. The summed E-state index contributed by atoms with van der Waals surface area (Å²) >= 11 is 5.52. The number of nitrogens with one attached hydrogen (secondary N) is 2. The van der Waals surface area contributed by atoms with Crippen molar-refractivity contribution >= 4 is 34.2 Å². The smallest absolute Gasteiger partial charge is 0.239 e. The Labute approximate surface area is 131 Å². The fraction of sp³-hybridized carbons (Fsp3) is 0.133. The van der Waals surface area contributed by atoms with Crippen LogP contribution in [0, 0.1) is 0 Å². The number of carbonyl (C=O) groups excluding carboxylic acids is 1. The quantitative estimate of drug-likeness (QED) is 0.709. The number of nitrogens with zero attached hydrogens (tertiary/aromatic N) is 2. The third-order valence-electron chi connectivity index (χ3n) is 3.05. The molecule has 2 heterocycles. The lowest BCUT2D eigenvalue weighted by Gasteiger charge is -2.08. The Bertz CT molecular complexity index is 789. The Morgan fingerprint density at radius 1 is 1.27 bits per heavy atom. The number of amides is 1. The van der Waals surface area contributed by atoms with Gasteiger partial charge in [-0.05, 0) is 5.56 Å². The summed E-state index contributed by atoms with van der Waals surface area (Å²) in [7, 11) is 0. The first-order valence-electron chi connectivity index (χ1n) is 6.62. The van der Waals surface area contributed by atoms with Crippen LogP contribution < -0.4 is 10.1 Å². The number of benzene rings is 1. The van der Waals surface area contributed by atoms with Crippen LogP contribution in [-0.2, 0) is 11.4 Å². The summed E-state index contributed by atoms with van der Waals surface area (Å²) < 4.78 is 5.76. The number of ether oxygens (including phenoxy) is 1. The van der Waals surface area contributed by atoms with Crippen molar-refractivity contribution in [2.75, 3.05) is 11.2 Å². The number of hydrogen-bond acceptors (Lipinski definition) is 4. The zero-order valence-electron chi connectivity index (χ0n) is 11.5. The van der Waals surface area contributed by atoms with E-state index in [-0.39, 0.29) is 11.8 Å². The van der Waals surface area contributed by atoms with Gasteiger partial charge in [0.2, 0.25) is 11.8 Å². The van der Waals surface area contributed by atoms with Gasteiger partial charge >= 0.3 is 0 Å². The van der Waals surface area contributed by atoms with Gasteiger partial charge in [0.05, 0.1) is 5.69 Å². The number of aromatic amines is 1. The molecule has 3 aromatic rings. The Hall–Kier alpha value is -2.60. The number of rotatable bonds is 5. The second-order valence-electron chi connectivity index (χ2n) is 4.56. The van der Waals surface area contributed by atoms with Crippen molar-refractivity contribution in [2.24, 2.45) is 0 Å². The van der Waals surface area contributed by atoms with Crippen molar-refractivity contribution in [2.45, 2.75) is 6.61 Å². The molecular weight excluding hydrogens is 304 g/mol. The highest BCUT2D eigenvalue weighted by atomic mass is 35.5. The topological polar surface area (TPSA) is 79.9 Å². The third-order valence-corrected chi connectivity index (χ3v) is 3.29. The molecule has 22 heavy (non-hydrogen) atoms. The summed E-state index contributed by atoms with van der Waals surface area (Å²) in [6.07, 6.45) is 3.05. The zero-order chi connectivity index (χ0) is 15.4. The largest absolute Gasteiger partial charge is 0.472 e. The predicted octanol–water partition coefficient (Wildman–Crippen LogP) is 2.71. The van der Waals surface area contributed by atoms with Gasteiger partial charge in [-0.2, -0.15) is 0 Å². The van der Waals surface area contributed by atoms with Crippen molar-refractivity contribution < 1.29 is 9.53 Å². The number of hydrogen-bond donors (Lipinski definition) is 2. The summed E-state index contributed by atoms with van der Waals surface area (Å²) in [5, 5.41) is 3.31. The first-order valence-corrected chi connectivity index (χ1v) is 7.16. The highest BCUT2D eigenvalue weighted by Gasteiger charge is 2.14. The summed E-state index contributed by atoms with van der Waals surface area (Å²) in [5.74, 6) is -0.0268. The Kier molecular flexibility index (Phi) is 4.20. The maximum Gasteiger partial charge on any atom is 0.239 e.